The van der Waals surface area contributed by atoms with Crippen molar-refractivity contribution in [3.8, 4) is 0 Å². The molecule has 1 saturated carbocycles. The van der Waals surface area contributed by atoms with Crippen LogP contribution in [0.3, 0.4) is 0 Å². The molecule has 3 amide bonds. The first-order chi connectivity index (χ1) is 14.6. The van der Waals surface area contributed by atoms with Gasteiger partial charge in [-0.25, -0.2) is 9.78 Å². The summed E-state index contributed by atoms with van der Waals surface area (Å²) in [5, 5.41) is 18.1. The van der Waals surface area contributed by atoms with Crippen molar-refractivity contribution >= 4 is 38.6 Å². The van der Waals surface area contributed by atoms with Crippen LogP contribution in [0, 0.1) is 5.92 Å². The highest BCUT2D eigenvalue weighted by atomic mass is 32.1. The number of aromatic nitrogens is 1. The minimum Gasteiger partial charge on any atom is -0.369 e. The molecule has 1 heterocycles. The maximum Gasteiger partial charge on any atom is 0.430 e. The van der Waals surface area contributed by atoms with E-state index >= 15 is 0 Å². The normalized spacial score (nSPS) is 21.0. The minimum atomic E-state index is -5.22. The lowest BCUT2D eigenvalue weighted by Crippen LogP contribution is -2.54. The van der Waals surface area contributed by atoms with Crippen LogP contribution in [0.5, 0.6) is 0 Å². The van der Waals surface area contributed by atoms with E-state index in [4.69, 9.17) is 0 Å². The molecule has 1 aliphatic rings. The number of benzene rings is 1. The highest BCUT2D eigenvalue weighted by Crippen LogP contribution is 2.41. The SMILES string of the molecule is CCNC(=O)[C@@](O)(c1ccc2nc(NC(=O)N[C@@H]3CCCC3CC)sc2c1)C(F)(F)F. The molecule has 2 aromatic rings. The molecule has 1 unspecified atom stereocenters. The molecule has 0 spiro atoms. The topological polar surface area (TPSA) is 103 Å². The van der Waals surface area contributed by atoms with Crippen LogP contribution in [-0.4, -0.2) is 40.8 Å². The molecular weight excluding hydrogens is 433 g/mol. The molecule has 0 aliphatic heterocycles. The van der Waals surface area contributed by atoms with E-state index in [9.17, 15) is 27.9 Å². The number of urea groups is 1. The molecule has 11 heteroatoms. The predicted molar refractivity (Wildman–Crippen MR) is 112 cm³/mol. The molecule has 1 aromatic carbocycles. The summed E-state index contributed by atoms with van der Waals surface area (Å²) in [7, 11) is 0. The van der Waals surface area contributed by atoms with Gasteiger partial charge in [0, 0.05) is 18.2 Å². The number of halogens is 3. The number of hydrogen-bond donors (Lipinski definition) is 4. The van der Waals surface area contributed by atoms with Crippen LogP contribution in [0.2, 0.25) is 0 Å². The molecule has 0 saturated heterocycles. The van der Waals surface area contributed by atoms with E-state index in [1.165, 1.54) is 13.0 Å². The van der Waals surface area contributed by atoms with Crippen LogP contribution < -0.4 is 16.0 Å². The van der Waals surface area contributed by atoms with Gasteiger partial charge in [0.15, 0.2) is 5.13 Å². The van der Waals surface area contributed by atoms with E-state index in [2.05, 4.69) is 22.5 Å². The first-order valence-electron chi connectivity index (χ1n) is 10.2. The fraction of sp³-hybridized carbons (Fsp3) is 0.550. The fourth-order valence-corrected chi connectivity index (χ4v) is 4.83. The van der Waals surface area contributed by atoms with Gasteiger partial charge in [-0.05, 0) is 37.8 Å². The Morgan fingerprint density at radius 2 is 2.00 bits per heavy atom. The van der Waals surface area contributed by atoms with Crippen LogP contribution in [0.1, 0.15) is 45.1 Å². The Kier molecular flexibility index (Phi) is 6.75. The van der Waals surface area contributed by atoms with Gasteiger partial charge >= 0.3 is 12.2 Å². The van der Waals surface area contributed by atoms with E-state index in [1.54, 1.807) is 0 Å². The standard InChI is InChI=1S/C20H25F3N4O3S/c1-3-11-6-5-7-13(11)25-17(29)27-18-26-14-9-8-12(10-15(14)31-18)19(30,20(21,22)23)16(28)24-4-2/h8-11,13,30H,3-7H2,1-2H3,(H,24,28)(H2,25,26,27,29)/t11?,13-,19+/m1/s1. The first kappa shape index (κ1) is 23.3. The average Bonchev–Trinajstić information content (AvgIpc) is 3.31. The number of alkyl halides is 3. The number of thiazole rings is 1. The predicted octanol–water partition coefficient (Wildman–Crippen LogP) is 3.88. The van der Waals surface area contributed by atoms with Crippen molar-refractivity contribution < 1.29 is 27.9 Å². The molecule has 1 aromatic heterocycles. The number of likely N-dealkylation sites (N-methyl/N-ethyl adjacent to an activating group) is 1. The van der Waals surface area contributed by atoms with Crippen molar-refractivity contribution in [3.63, 3.8) is 0 Å². The van der Waals surface area contributed by atoms with E-state index in [1.807, 2.05) is 5.32 Å². The number of fused-ring (bicyclic) bond motifs is 1. The molecule has 170 valence electrons. The number of amides is 3. The molecule has 3 rings (SSSR count). The van der Waals surface area contributed by atoms with E-state index in [0.717, 1.165) is 49.2 Å². The Labute approximate surface area is 181 Å². The third-order valence-corrected chi connectivity index (χ3v) is 6.54. The molecule has 0 radical (unpaired) electrons. The summed E-state index contributed by atoms with van der Waals surface area (Å²) < 4.78 is 41.1. The summed E-state index contributed by atoms with van der Waals surface area (Å²) in [5.41, 5.74) is -3.96. The van der Waals surface area contributed by atoms with Crippen molar-refractivity contribution in [2.24, 2.45) is 5.92 Å². The van der Waals surface area contributed by atoms with Crippen LogP contribution >= 0.6 is 11.3 Å². The molecule has 3 atom stereocenters. The second-order valence-electron chi connectivity index (χ2n) is 7.57. The molecule has 1 fully saturated rings. The van der Waals surface area contributed by atoms with Gasteiger partial charge in [-0.15, -0.1) is 0 Å². The highest BCUT2D eigenvalue weighted by Gasteiger charge is 2.60. The number of nitrogens with one attached hydrogen (secondary N) is 3. The van der Waals surface area contributed by atoms with Crippen LogP contribution in [0.15, 0.2) is 18.2 Å². The molecule has 31 heavy (non-hydrogen) atoms. The lowest BCUT2D eigenvalue weighted by Gasteiger charge is -2.29. The summed E-state index contributed by atoms with van der Waals surface area (Å²) >= 11 is 0.963. The van der Waals surface area contributed by atoms with Gasteiger partial charge in [-0.2, -0.15) is 13.2 Å². The van der Waals surface area contributed by atoms with Crippen LogP contribution in [0.4, 0.5) is 23.1 Å². The number of anilines is 1. The zero-order chi connectivity index (χ0) is 22.8. The van der Waals surface area contributed by atoms with Gasteiger partial charge in [-0.3, -0.25) is 10.1 Å². The van der Waals surface area contributed by atoms with E-state index in [0.29, 0.717) is 16.1 Å². The van der Waals surface area contributed by atoms with E-state index in [-0.39, 0.29) is 17.7 Å². The number of hydrogen-bond acceptors (Lipinski definition) is 5. The third kappa shape index (κ3) is 4.62. The zero-order valence-corrected chi connectivity index (χ0v) is 18.0. The lowest BCUT2D eigenvalue weighted by molar-refractivity contribution is -0.256. The van der Waals surface area contributed by atoms with Crippen molar-refractivity contribution in [1.82, 2.24) is 15.6 Å². The molecule has 7 nitrogen and oxygen atoms in total. The minimum absolute atomic E-state index is 0.0664. The summed E-state index contributed by atoms with van der Waals surface area (Å²) in [5.74, 6) is -1.12. The van der Waals surface area contributed by atoms with Crippen molar-refractivity contribution in [3.05, 3.63) is 23.8 Å². The maximum atomic E-state index is 13.6. The Hall–Kier alpha value is -2.40. The van der Waals surface area contributed by atoms with Gasteiger partial charge in [0.1, 0.15) is 0 Å². The zero-order valence-electron chi connectivity index (χ0n) is 17.2. The Morgan fingerprint density at radius 3 is 2.65 bits per heavy atom. The third-order valence-electron chi connectivity index (χ3n) is 5.60. The molecular formula is C20H25F3N4O3S. The second kappa shape index (κ2) is 8.99. The van der Waals surface area contributed by atoms with Gasteiger partial charge in [0.2, 0.25) is 0 Å². The number of nitrogens with zero attached hydrogens (tertiary/aromatic N) is 1. The number of carbonyl (C=O) groups is 2. The van der Waals surface area contributed by atoms with E-state index < -0.39 is 29.3 Å². The summed E-state index contributed by atoms with van der Waals surface area (Å²) in [4.78, 5) is 28.6. The lowest BCUT2D eigenvalue weighted by atomic mass is 9.92. The van der Waals surface area contributed by atoms with Gasteiger partial charge < -0.3 is 15.7 Å². The first-order valence-corrected chi connectivity index (χ1v) is 11.0. The van der Waals surface area contributed by atoms with Gasteiger partial charge in [-0.1, -0.05) is 37.2 Å². The summed E-state index contributed by atoms with van der Waals surface area (Å²) in [6.07, 6.45) is -1.21. The van der Waals surface area contributed by atoms with Crippen molar-refractivity contribution in [2.45, 2.75) is 57.3 Å². The second-order valence-corrected chi connectivity index (χ2v) is 8.60. The highest BCUT2D eigenvalue weighted by molar-refractivity contribution is 7.22. The van der Waals surface area contributed by atoms with Crippen LogP contribution in [-0.2, 0) is 10.4 Å². The van der Waals surface area contributed by atoms with Gasteiger partial charge in [0.05, 0.1) is 10.2 Å². The Morgan fingerprint density at radius 1 is 1.26 bits per heavy atom. The average molecular weight is 459 g/mol. The molecule has 4 N–H and O–H groups in total. The maximum absolute atomic E-state index is 13.6. The number of rotatable bonds is 6. The quantitative estimate of drug-likeness (QED) is 0.527. The molecule has 0 bridgehead atoms. The van der Waals surface area contributed by atoms with Crippen LogP contribution in [0.25, 0.3) is 10.2 Å². The number of carbonyl (C=O) groups excluding carboxylic acids is 2. The summed E-state index contributed by atoms with van der Waals surface area (Å²) in [6.45, 7) is 3.47. The number of aliphatic hydroxyl groups is 1. The Balaban J connectivity index is 1.82. The van der Waals surface area contributed by atoms with Gasteiger partial charge in [0.25, 0.3) is 11.5 Å². The smallest absolute Gasteiger partial charge is 0.369 e. The van der Waals surface area contributed by atoms with Crippen molar-refractivity contribution in [2.75, 3.05) is 11.9 Å². The Bertz CT molecular complexity index is 965. The summed E-state index contributed by atoms with van der Waals surface area (Å²) in [6, 6.07) is 3.04. The monoisotopic (exact) mass is 458 g/mol. The van der Waals surface area contributed by atoms with Crippen molar-refractivity contribution in [1.29, 1.82) is 0 Å². The largest absolute Gasteiger partial charge is 0.430 e. The molecule has 1 aliphatic carbocycles. The fourth-order valence-electron chi connectivity index (χ4n) is 3.93.